The second kappa shape index (κ2) is 4.18. The molecule has 2 rings (SSSR count). The van der Waals surface area contributed by atoms with Crippen LogP contribution in [0.5, 0.6) is 0 Å². The smallest absolute Gasteiger partial charge is 0.305 e. The third-order valence-corrected chi connectivity index (χ3v) is 2.45. The predicted octanol–water partition coefficient (Wildman–Crippen LogP) is 0.904. The lowest BCUT2D eigenvalue weighted by Crippen LogP contribution is -2.47. The minimum Gasteiger partial charge on any atom is -0.305 e. The Morgan fingerprint density at radius 1 is 1.44 bits per heavy atom. The van der Waals surface area contributed by atoms with Crippen molar-refractivity contribution in [3.05, 3.63) is 49.5 Å². The summed E-state index contributed by atoms with van der Waals surface area (Å²) < 4.78 is 3.62. The number of aromatic nitrogens is 3. The third-order valence-electron chi connectivity index (χ3n) is 2.45. The van der Waals surface area contributed by atoms with Crippen molar-refractivity contribution in [3.63, 3.8) is 0 Å². The van der Waals surface area contributed by atoms with E-state index in [1.807, 2.05) is 29.0 Å². The zero-order valence-corrected chi connectivity index (χ0v) is 9.13. The van der Waals surface area contributed by atoms with Gasteiger partial charge in [0.15, 0.2) is 0 Å². The molecule has 0 unspecified atom stereocenters. The van der Waals surface area contributed by atoms with Crippen molar-refractivity contribution in [3.8, 4) is 11.5 Å². The third kappa shape index (κ3) is 1.58. The van der Waals surface area contributed by atoms with Gasteiger partial charge in [0.2, 0.25) is 5.69 Å². The van der Waals surface area contributed by atoms with E-state index in [1.165, 1.54) is 0 Å². The Kier molecular flexibility index (Phi) is 2.72. The largest absolute Gasteiger partial charge is 0.328 e. The van der Waals surface area contributed by atoms with E-state index in [4.69, 9.17) is 5.84 Å². The molecule has 16 heavy (non-hydrogen) atoms. The normalized spacial score (nSPS) is 10.5. The molecule has 0 fully saturated rings. The molecule has 0 amide bonds. The van der Waals surface area contributed by atoms with Crippen molar-refractivity contribution in [1.82, 2.24) is 9.55 Å². The topological polar surface area (TPSA) is 47.7 Å². The number of nitrogen functional groups attached to an aromatic ring is 1. The maximum atomic E-state index is 5.96. The molecular formula is C12H15N4+. The summed E-state index contributed by atoms with van der Waals surface area (Å²) >= 11 is 0. The van der Waals surface area contributed by atoms with E-state index in [1.54, 1.807) is 10.8 Å². The van der Waals surface area contributed by atoms with E-state index < -0.39 is 0 Å². The molecule has 0 aliphatic carbocycles. The van der Waals surface area contributed by atoms with E-state index in [-0.39, 0.29) is 0 Å². The van der Waals surface area contributed by atoms with Gasteiger partial charge in [-0.2, -0.15) is 0 Å². The fourth-order valence-electron chi connectivity index (χ4n) is 1.71. The summed E-state index contributed by atoms with van der Waals surface area (Å²) in [6, 6.07) is 3.91. The molecule has 0 spiro atoms. The summed E-state index contributed by atoms with van der Waals surface area (Å²) in [5.41, 5.74) is 0.918. The molecule has 0 radical (unpaired) electrons. The number of nitrogens with zero attached hydrogens (tertiary/aromatic N) is 3. The van der Waals surface area contributed by atoms with Crippen LogP contribution in [0.3, 0.4) is 0 Å². The fourth-order valence-corrected chi connectivity index (χ4v) is 1.71. The first kappa shape index (κ1) is 10.4. The summed E-state index contributed by atoms with van der Waals surface area (Å²) in [7, 11) is 0. The van der Waals surface area contributed by atoms with E-state index in [2.05, 4.69) is 18.1 Å². The number of allylic oxidation sites excluding steroid dienone is 2. The summed E-state index contributed by atoms with van der Waals surface area (Å²) in [6.45, 7) is 8.14. The van der Waals surface area contributed by atoms with E-state index in [9.17, 15) is 0 Å². The highest BCUT2D eigenvalue weighted by Gasteiger charge is 2.26. The van der Waals surface area contributed by atoms with E-state index in [0.29, 0.717) is 6.42 Å². The van der Waals surface area contributed by atoms with Gasteiger partial charge in [0.25, 0.3) is 5.82 Å². The Morgan fingerprint density at radius 3 is 2.94 bits per heavy atom. The van der Waals surface area contributed by atoms with Gasteiger partial charge in [-0.1, -0.05) is 12.2 Å². The first-order valence-electron chi connectivity index (χ1n) is 5.14. The van der Waals surface area contributed by atoms with Crippen LogP contribution in [0.1, 0.15) is 5.82 Å². The highest BCUT2D eigenvalue weighted by molar-refractivity contribution is 5.47. The first-order valence-corrected chi connectivity index (χ1v) is 5.14. The molecule has 2 aliphatic rings. The van der Waals surface area contributed by atoms with Gasteiger partial charge in [0.1, 0.15) is 0 Å². The van der Waals surface area contributed by atoms with Crippen LogP contribution in [0, 0.1) is 0 Å². The molecule has 0 aromatic heterocycles. The Balaban J connectivity index is 2.57. The number of fused-ring (bicyclic) bond motifs is 1. The molecule has 0 atom stereocenters. The molecule has 0 saturated carbocycles. The molecule has 0 bridgehead atoms. The molecule has 0 saturated heterocycles. The molecule has 4 nitrogen and oxygen atoms in total. The Hall–Kier alpha value is -2.10. The summed E-state index contributed by atoms with van der Waals surface area (Å²) in [5, 5.41) is 0. The molecule has 2 N–H and O–H groups in total. The molecule has 82 valence electrons. The van der Waals surface area contributed by atoms with Gasteiger partial charge in [-0.3, -0.25) is 5.84 Å². The molecule has 4 heteroatoms. The Morgan fingerprint density at radius 2 is 2.25 bits per heavy atom. The SMILES string of the molecule is C=CCc1nc2n(CC=C)cccc-2[n+]1N. The van der Waals surface area contributed by atoms with Gasteiger partial charge in [0, 0.05) is 12.7 Å². The van der Waals surface area contributed by atoms with Crippen LogP contribution in [0.4, 0.5) is 0 Å². The van der Waals surface area contributed by atoms with E-state index >= 15 is 0 Å². The van der Waals surface area contributed by atoms with Gasteiger partial charge in [-0.25, -0.2) is 0 Å². The van der Waals surface area contributed by atoms with Crippen molar-refractivity contribution < 1.29 is 4.68 Å². The summed E-state index contributed by atoms with van der Waals surface area (Å²) in [6.07, 6.45) is 6.26. The van der Waals surface area contributed by atoms with Crippen LogP contribution >= 0.6 is 0 Å². The number of imidazole rings is 1. The molecule has 0 aromatic carbocycles. The lowest BCUT2D eigenvalue weighted by Gasteiger charge is -2.02. The summed E-state index contributed by atoms with van der Waals surface area (Å²) in [5.74, 6) is 7.65. The van der Waals surface area contributed by atoms with Crippen molar-refractivity contribution in [1.29, 1.82) is 0 Å². The van der Waals surface area contributed by atoms with Crippen molar-refractivity contribution in [2.24, 2.45) is 0 Å². The lowest BCUT2D eigenvalue weighted by atomic mass is 10.3. The van der Waals surface area contributed by atoms with Crippen LogP contribution < -0.4 is 10.5 Å². The highest BCUT2D eigenvalue weighted by Crippen LogP contribution is 2.16. The quantitative estimate of drug-likeness (QED) is 0.468. The van der Waals surface area contributed by atoms with Crippen molar-refractivity contribution in [2.45, 2.75) is 13.0 Å². The highest BCUT2D eigenvalue weighted by atomic mass is 15.4. The number of hydrogen-bond acceptors (Lipinski definition) is 2. The number of pyridine rings is 1. The van der Waals surface area contributed by atoms with Gasteiger partial charge in [-0.15, -0.1) is 17.8 Å². The second-order valence-corrected chi connectivity index (χ2v) is 3.55. The minimum absolute atomic E-state index is 0.666. The Bertz CT molecular complexity index is 498. The lowest BCUT2D eigenvalue weighted by molar-refractivity contribution is -0.633. The number of rotatable bonds is 4. The maximum absolute atomic E-state index is 5.96. The van der Waals surface area contributed by atoms with Gasteiger partial charge in [-0.05, 0) is 17.1 Å². The van der Waals surface area contributed by atoms with E-state index in [0.717, 1.165) is 23.9 Å². The predicted molar refractivity (Wildman–Crippen MR) is 63.3 cm³/mol. The molecular weight excluding hydrogens is 200 g/mol. The van der Waals surface area contributed by atoms with Crippen LogP contribution in [-0.2, 0) is 13.0 Å². The van der Waals surface area contributed by atoms with Crippen molar-refractivity contribution in [2.75, 3.05) is 5.84 Å². The fraction of sp³-hybridized carbons (Fsp3) is 0.167. The monoisotopic (exact) mass is 215 g/mol. The number of nitrogens with two attached hydrogens (primary N) is 1. The maximum Gasteiger partial charge on any atom is 0.328 e. The number of hydrogen-bond donors (Lipinski definition) is 1. The molecule has 2 heterocycles. The van der Waals surface area contributed by atoms with Crippen LogP contribution in [0.25, 0.3) is 11.5 Å². The van der Waals surface area contributed by atoms with Crippen LogP contribution in [-0.4, -0.2) is 9.55 Å². The van der Waals surface area contributed by atoms with Gasteiger partial charge >= 0.3 is 5.82 Å². The zero-order chi connectivity index (χ0) is 11.5. The van der Waals surface area contributed by atoms with Crippen LogP contribution in [0.15, 0.2) is 43.6 Å². The first-order chi connectivity index (χ1) is 7.77. The second-order valence-electron chi connectivity index (χ2n) is 3.55. The standard InChI is InChI=1S/C12H15N4/c1-3-6-11-14-12-10(16(11)13)7-5-9-15(12)8-4-2/h3-5,7,9H,1-2,6,8,13H2/q+1. The zero-order valence-electron chi connectivity index (χ0n) is 9.13. The summed E-state index contributed by atoms with van der Waals surface area (Å²) in [4.78, 5) is 4.50. The average Bonchev–Trinajstić information content (AvgIpc) is 2.59. The molecule has 2 aliphatic heterocycles. The average molecular weight is 215 g/mol. The Labute approximate surface area is 94.7 Å². The van der Waals surface area contributed by atoms with Gasteiger partial charge < -0.3 is 4.57 Å². The van der Waals surface area contributed by atoms with Gasteiger partial charge in [0.05, 0.1) is 6.42 Å². The van der Waals surface area contributed by atoms with Crippen molar-refractivity contribution >= 4 is 0 Å². The minimum atomic E-state index is 0.666. The molecule has 0 aromatic rings. The van der Waals surface area contributed by atoms with Crippen LogP contribution in [0.2, 0.25) is 0 Å².